The molecule has 1 aromatic rings. The molecular weight excluding hydrogens is 244 g/mol. The van der Waals surface area contributed by atoms with Crippen LogP contribution in [0.2, 0.25) is 0 Å². The molecule has 0 atom stereocenters. The number of esters is 1. The van der Waals surface area contributed by atoms with Crippen molar-refractivity contribution in [1.29, 1.82) is 5.26 Å². The van der Waals surface area contributed by atoms with Gasteiger partial charge in [-0.15, -0.1) is 0 Å². The number of benzene rings is 1. The van der Waals surface area contributed by atoms with Gasteiger partial charge in [0.2, 0.25) is 0 Å². The van der Waals surface area contributed by atoms with Crippen LogP contribution < -0.4 is 10.1 Å². The van der Waals surface area contributed by atoms with E-state index in [4.69, 9.17) is 10.00 Å². The van der Waals surface area contributed by atoms with Crippen LogP contribution in [0.25, 0.3) is 0 Å². The summed E-state index contributed by atoms with van der Waals surface area (Å²) in [6, 6.07) is 9.00. The molecule has 0 heterocycles. The Morgan fingerprint density at radius 2 is 2.21 bits per heavy atom. The molecule has 0 radical (unpaired) electrons. The summed E-state index contributed by atoms with van der Waals surface area (Å²) in [5.74, 6) is 0.0366. The molecule has 5 heteroatoms. The predicted octanol–water partition coefficient (Wildman–Crippen LogP) is 2.47. The van der Waals surface area contributed by atoms with E-state index >= 15 is 0 Å². The number of nitrogens with one attached hydrogen (secondary N) is 1. The van der Waals surface area contributed by atoms with Crippen molar-refractivity contribution < 1.29 is 14.3 Å². The quantitative estimate of drug-likeness (QED) is 0.500. The van der Waals surface area contributed by atoms with Gasteiger partial charge in [0.1, 0.15) is 11.8 Å². The normalized spacial score (nSPS) is 10.8. The topological polar surface area (TPSA) is 71.4 Å². The third-order valence-electron chi connectivity index (χ3n) is 2.11. The fourth-order valence-corrected chi connectivity index (χ4v) is 1.33. The zero-order valence-corrected chi connectivity index (χ0v) is 11.1. The SMILES string of the molecule is COC(=O)/C(C#N)=C/Nc1cccc(OC(C)C)c1. The van der Waals surface area contributed by atoms with Crippen molar-refractivity contribution in [2.45, 2.75) is 20.0 Å². The second-order valence-electron chi connectivity index (χ2n) is 4.00. The number of methoxy groups -OCH3 is 1. The molecule has 100 valence electrons. The molecule has 0 aliphatic carbocycles. The van der Waals surface area contributed by atoms with Crippen LogP contribution in [0, 0.1) is 11.3 Å². The Labute approximate surface area is 112 Å². The average Bonchev–Trinajstić information content (AvgIpc) is 2.38. The Kier molecular flexibility index (Phi) is 5.42. The minimum Gasteiger partial charge on any atom is -0.491 e. The first-order chi connectivity index (χ1) is 9.06. The summed E-state index contributed by atoms with van der Waals surface area (Å²) in [6.45, 7) is 3.87. The highest BCUT2D eigenvalue weighted by atomic mass is 16.5. The van der Waals surface area contributed by atoms with E-state index in [0.29, 0.717) is 5.75 Å². The zero-order valence-electron chi connectivity index (χ0n) is 11.1. The molecule has 1 aromatic carbocycles. The molecule has 1 rings (SSSR count). The van der Waals surface area contributed by atoms with Crippen LogP contribution in [0.15, 0.2) is 36.0 Å². The summed E-state index contributed by atoms with van der Waals surface area (Å²) in [7, 11) is 1.23. The van der Waals surface area contributed by atoms with Gasteiger partial charge in [0, 0.05) is 18.0 Å². The van der Waals surface area contributed by atoms with Gasteiger partial charge in [0.05, 0.1) is 13.2 Å². The number of hydrogen-bond donors (Lipinski definition) is 1. The van der Waals surface area contributed by atoms with Crippen molar-refractivity contribution in [3.05, 3.63) is 36.0 Å². The van der Waals surface area contributed by atoms with E-state index in [9.17, 15) is 4.79 Å². The van der Waals surface area contributed by atoms with Crippen molar-refractivity contribution in [3.8, 4) is 11.8 Å². The number of carbonyl (C=O) groups is 1. The van der Waals surface area contributed by atoms with Gasteiger partial charge in [-0.05, 0) is 26.0 Å². The number of ether oxygens (including phenoxy) is 2. The first-order valence-corrected chi connectivity index (χ1v) is 5.78. The van der Waals surface area contributed by atoms with E-state index in [0.717, 1.165) is 5.69 Å². The lowest BCUT2D eigenvalue weighted by atomic mass is 10.3. The maximum absolute atomic E-state index is 11.2. The Morgan fingerprint density at radius 3 is 2.79 bits per heavy atom. The molecule has 0 saturated carbocycles. The van der Waals surface area contributed by atoms with Gasteiger partial charge in [-0.1, -0.05) is 6.07 Å². The number of hydrogen-bond acceptors (Lipinski definition) is 5. The van der Waals surface area contributed by atoms with E-state index in [1.165, 1.54) is 13.3 Å². The van der Waals surface area contributed by atoms with Crippen molar-refractivity contribution in [1.82, 2.24) is 0 Å². The minimum absolute atomic E-state index is 0.0792. The molecule has 0 aromatic heterocycles. The van der Waals surface area contributed by atoms with Crippen molar-refractivity contribution in [2.75, 3.05) is 12.4 Å². The number of nitriles is 1. The van der Waals surface area contributed by atoms with Crippen LogP contribution in [0.1, 0.15) is 13.8 Å². The Hall–Kier alpha value is -2.48. The maximum Gasteiger partial charge on any atom is 0.350 e. The Morgan fingerprint density at radius 1 is 1.47 bits per heavy atom. The van der Waals surface area contributed by atoms with E-state index in [1.54, 1.807) is 18.2 Å². The van der Waals surface area contributed by atoms with Crippen LogP contribution in [0.5, 0.6) is 5.75 Å². The van der Waals surface area contributed by atoms with E-state index in [-0.39, 0.29) is 11.7 Å². The lowest BCUT2D eigenvalue weighted by Gasteiger charge is -2.10. The molecule has 19 heavy (non-hydrogen) atoms. The zero-order chi connectivity index (χ0) is 14.3. The van der Waals surface area contributed by atoms with Gasteiger partial charge in [-0.25, -0.2) is 4.79 Å². The van der Waals surface area contributed by atoms with Gasteiger partial charge in [-0.2, -0.15) is 5.26 Å². The van der Waals surface area contributed by atoms with Gasteiger partial charge in [0.25, 0.3) is 0 Å². The van der Waals surface area contributed by atoms with Gasteiger partial charge in [-0.3, -0.25) is 0 Å². The largest absolute Gasteiger partial charge is 0.491 e. The van der Waals surface area contributed by atoms with Crippen LogP contribution >= 0.6 is 0 Å². The summed E-state index contributed by atoms with van der Waals surface area (Å²) in [4.78, 5) is 11.2. The third-order valence-corrected chi connectivity index (χ3v) is 2.11. The number of carbonyl (C=O) groups excluding carboxylic acids is 1. The first kappa shape index (κ1) is 14.6. The highest BCUT2D eigenvalue weighted by Gasteiger charge is 2.07. The van der Waals surface area contributed by atoms with Gasteiger partial charge >= 0.3 is 5.97 Å². The molecule has 0 saturated heterocycles. The summed E-state index contributed by atoms with van der Waals surface area (Å²) in [5.41, 5.74) is 0.618. The first-order valence-electron chi connectivity index (χ1n) is 5.78. The fraction of sp³-hybridized carbons (Fsp3) is 0.286. The number of nitrogens with zero attached hydrogens (tertiary/aromatic N) is 1. The smallest absolute Gasteiger partial charge is 0.350 e. The fourth-order valence-electron chi connectivity index (χ4n) is 1.33. The minimum atomic E-state index is -0.676. The molecule has 0 aliphatic rings. The van der Waals surface area contributed by atoms with Crippen molar-refractivity contribution in [3.63, 3.8) is 0 Å². The van der Waals surface area contributed by atoms with Gasteiger partial charge < -0.3 is 14.8 Å². The molecule has 0 aliphatic heterocycles. The van der Waals surface area contributed by atoms with Gasteiger partial charge in [0.15, 0.2) is 5.57 Å². The number of anilines is 1. The molecule has 0 amide bonds. The monoisotopic (exact) mass is 260 g/mol. The summed E-state index contributed by atoms with van der Waals surface area (Å²) < 4.78 is 10.0. The average molecular weight is 260 g/mol. The predicted molar refractivity (Wildman–Crippen MR) is 71.5 cm³/mol. The summed E-state index contributed by atoms with van der Waals surface area (Å²) in [5, 5.41) is 11.7. The van der Waals surface area contributed by atoms with Crippen LogP contribution in [-0.2, 0) is 9.53 Å². The van der Waals surface area contributed by atoms with E-state index in [2.05, 4.69) is 10.1 Å². The standard InChI is InChI=1S/C14H16N2O3/c1-10(2)19-13-6-4-5-12(7-13)16-9-11(8-15)14(17)18-3/h4-7,9-10,16H,1-3H3/b11-9+. The molecular formula is C14H16N2O3. The third kappa shape index (κ3) is 4.72. The number of rotatable bonds is 5. The van der Waals surface area contributed by atoms with Crippen molar-refractivity contribution in [2.24, 2.45) is 0 Å². The lowest BCUT2D eigenvalue weighted by Crippen LogP contribution is -2.06. The molecule has 0 spiro atoms. The summed E-state index contributed by atoms with van der Waals surface area (Å²) in [6.07, 6.45) is 1.39. The van der Waals surface area contributed by atoms with Crippen LogP contribution in [0.4, 0.5) is 5.69 Å². The van der Waals surface area contributed by atoms with Crippen LogP contribution in [0.3, 0.4) is 0 Å². The maximum atomic E-state index is 11.2. The highest BCUT2D eigenvalue weighted by Crippen LogP contribution is 2.18. The highest BCUT2D eigenvalue weighted by molar-refractivity contribution is 5.93. The second-order valence-corrected chi connectivity index (χ2v) is 4.00. The molecule has 1 N–H and O–H groups in total. The Bertz CT molecular complexity index is 516. The molecule has 0 bridgehead atoms. The van der Waals surface area contributed by atoms with Crippen LogP contribution in [-0.4, -0.2) is 19.2 Å². The molecule has 0 fully saturated rings. The second kappa shape index (κ2) is 7.07. The molecule has 0 unspecified atom stereocenters. The lowest BCUT2D eigenvalue weighted by molar-refractivity contribution is -0.135. The van der Waals surface area contributed by atoms with E-state index < -0.39 is 5.97 Å². The molecule has 5 nitrogen and oxygen atoms in total. The Balaban J connectivity index is 2.80. The van der Waals surface area contributed by atoms with Crippen molar-refractivity contribution >= 4 is 11.7 Å². The van der Waals surface area contributed by atoms with E-state index in [1.807, 2.05) is 26.0 Å². The summed E-state index contributed by atoms with van der Waals surface area (Å²) >= 11 is 0.